The quantitative estimate of drug-likeness (QED) is 0.799. The number of H-pyrrole nitrogens is 1. The van der Waals surface area contributed by atoms with Crippen LogP contribution in [0.1, 0.15) is 5.82 Å². The first kappa shape index (κ1) is 10.1. The van der Waals surface area contributed by atoms with Gasteiger partial charge in [-0.25, -0.2) is 15.0 Å². The van der Waals surface area contributed by atoms with Gasteiger partial charge in [-0.15, -0.1) is 0 Å². The summed E-state index contributed by atoms with van der Waals surface area (Å²) in [6, 6.07) is 0. The van der Waals surface area contributed by atoms with Crippen molar-refractivity contribution in [3.63, 3.8) is 0 Å². The Balaban J connectivity index is 1.95. The highest BCUT2D eigenvalue weighted by atomic mass is 16.1. The molecule has 1 N–H and O–H groups in total. The van der Waals surface area contributed by atoms with Gasteiger partial charge in [-0.05, 0) is 12.2 Å². The summed E-state index contributed by atoms with van der Waals surface area (Å²) in [5.74, 6) is 0.477. The average Bonchev–Trinajstić information content (AvgIpc) is 3.02. The normalized spacial score (nSPS) is 17.3. The summed E-state index contributed by atoms with van der Waals surface area (Å²) in [5.41, 5.74) is 3.23. The molecule has 6 heteroatoms. The predicted octanol–water partition coefficient (Wildman–Crippen LogP) is 0.549. The topological polar surface area (TPSA) is 85.6 Å². The Hall–Kier alpha value is -2.89. The molecule has 0 amide bonds. The van der Waals surface area contributed by atoms with E-state index in [4.69, 9.17) is 0 Å². The number of allylic oxidation sites excluding steroid dienone is 5. The Bertz CT molecular complexity index is 805. The fraction of sp³-hybridized carbons (Fsp3) is 0. The lowest BCUT2D eigenvalue weighted by molar-refractivity contribution is -0.111. The number of rotatable bonds is 1. The van der Waals surface area contributed by atoms with E-state index in [0.29, 0.717) is 22.7 Å². The van der Waals surface area contributed by atoms with E-state index >= 15 is 0 Å². The lowest BCUT2D eigenvalue weighted by atomic mass is 9.98. The Morgan fingerprint density at radius 2 is 2.26 bits per heavy atom. The Morgan fingerprint density at radius 3 is 3.16 bits per heavy atom. The van der Waals surface area contributed by atoms with Crippen LogP contribution < -0.4 is 4.99 Å². The van der Waals surface area contributed by atoms with Gasteiger partial charge in [0.2, 0.25) is 5.82 Å². The van der Waals surface area contributed by atoms with E-state index in [9.17, 15) is 4.79 Å². The van der Waals surface area contributed by atoms with Gasteiger partial charge in [-0.3, -0.25) is 4.79 Å². The highest BCUT2D eigenvalue weighted by Crippen LogP contribution is 2.27. The van der Waals surface area contributed by atoms with Crippen molar-refractivity contribution in [2.75, 3.05) is 0 Å². The van der Waals surface area contributed by atoms with Gasteiger partial charge in [0, 0.05) is 0 Å². The molecule has 0 atom stereocenters. The summed E-state index contributed by atoms with van der Waals surface area (Å²) in [6.45, 7) is 0. The highest BCUT2D eigenvalue weighted by Gasteiger charge is 2.35. The maximum absolute atomic E-state index is 11.9. The molecule has 89 valence electrons. The van der Waals surface area contributed by atoms with Crippen LogP contribution in [0, 0.1) is 0 Å². The van der Waals surface area contributed by atoms with Crippen LogP contribution >= 0.6 is 0 Å². The van der Waals surface area contributed by atoms with Gasteiger partial charge in [0.25, 0.3) is 6.21 Å². The zero-order chi connectivity index (χ0) is 12.8. The van der Waals surface area contributed by atoms with Crippen molar-refractivity contribution < 1.29 is 4.79 Å². The molecule has 2 aromatic heterocycles. The Kier molecular flexibility index (Phi) is 1.88. The van der Waals surface area contributed by atoms with Gasteiger partial charge in [0.15, 0.2) is 11.4 Å². The second kappa shape index (κ2) is 3.55. The van der Waals surface area contributed by atoms with Gasteiger partial charge in [0.05, 0.1) is 16.8 Å². The van der Waals surface area contributed by atoms with Crippen LogP contribution in [0.4, 0.5) is 0 Å². The van der Waals surface area contributed by atoms with Crippen LogP contribution in [0.5, 0.6) is 0 Å². The minimum atomic E-state index is -0.0588. The average molecular weight is 249 g/mol. The number of imidazole rings is 1. The van der Waals surface area contributed by atoms with Crippen LogP contribution in [0.25, 0.3) is 16.9 Å². The van der Waals surface area contributed by atoms with Crippen LogP contribution in [-0.4, -0.2) is 31.9 Å². The van der Waals surface area contributed by atoms with Crippen molar-refractivity contribution in [2.45, 2.75) is 0 Å². The summed E-state index contributed by atoms with van der Waals surface area (Å²) >= 11 is 0. The molecule has 0 saturated carbocycles. The smallest absolute Gasteiger partial charge is 0.330 e. The maximum Gasteiger partial charge on any atom is 0.331 e. The third-order valence-corrected chi connectivity index (χ3v) is 3.01. The Labute approximate surface area is 107 Å². The largest absolute Gasteiger partial charge is 0.331 e. The number of nitrogens with one attached hydrogen (secondary N) is 1. The van der Waals surface area contributed by atoms with E-state index in [-0.39, 0.29) is 5.78 Å². The molecule has 0 bridgehead atoms. The molecular weight excluding hydrogens is 242 g/mol. The molecular formula is C13H7N5O+. The summed E-state index contributed by atoms with van der Waals surface area (Å²) in [4.78, 5) is 31.6. The number of aromatic nitrogens is 4. The van der Waals surface area contributed by atoms with Gasteiger partial charge >= 0.3 is 5.70 Å². The Morgan fingerprint density at radius 1 is 1.32 bits per heavy atom. The number of ketones is 1. The lowest BCUT2D eigenvalue weighted by Crippen LogP contribution is -2.05. The van der Waals surface area contributed by atoms with Gasteiger partial charge in [-0.1, -0.05) is 6.08 Å². The molecule has 1 radical (unpaired) electrons. The zero-order valence-corrected chi connectivity index (χ0v) is 9.66. The molecule has 1 aliphatic heterocycles. The minimum absolute atomic E-state index is 0.0588. The first-order valence-electron chi connectivity index (χ1n) is 5.70. The molecule has 6 nitrogen and oxygen atoms in total. The van der Waals surface area contributed by atoms with Crippen LogP contribution in [0.3, 0.4) is 0 Å². The summed E-state index contributed by atoms with van der Waals surface area (Å²) in [7, 11) is 0. The number of aromatic amines is 1. The van der Waals surface area contributed by atoms with Crippen LogP contribution in [-0.2, 0) is 4.79 Å². The van der Waals surface area contributed by atoms with E-state index in [1.807, 2.05) is 6.08 Å². The van der Waals surface area contributed by atoms with Crippen molar-refractivity contribution in [3.05, 3.63) is 47.7 Å². The van der Waals surface area contributed by atoms with E-state index in [1.165, 1.54) is 12.4 Å². The molecule has 1 aliphatic carbocycles. The summed E-state index contributed by atoms with van der Waals surface area (Å²) < 4.78 is 0. The molecule has 0 spiro atoms. The molecule has 4 rings (SSSR count). The molecule has 19 heavy (non-hydrogen) atoms. The molecule has 0 unspecified atom stereocenters. The number of fused-ring (bicyclic) bond motifs is 2. The van der Waals surface area contributed by atoms with Crippen molar-refractivity contribution >= 4 is 28.9 Å². The standard InChI is InChI=1S/C13H7N5O/c19-9-3-1-2-7-4-15-11(10(7)9)13-17-8-5-14-6-16-12(8)18-13/h1-6H,(H,14,16,17,18)/q+1. The highest BCUT2D eigenvalue weighted by molar-refractivity contribution is 6.21. The zero-order valence-electron chi connectivity index (χ0n) is 9.66. The van der Waals surface area contributed by atoms with E-state index < -0.39 is 0 Å². The van der Waals surface area contributed by atoms with E-state index in [2.05, 4.69) is 24.9 Å². The molecule has 0 aromatic carbocycles. The number of nitrogens with zero attached hydrogens (tertiary/aromatic N) is 4. The summed E-state index contributed by atoms with van der Waals surface area (Å²) in [5, 5.41) is 0. The fourth-order valence-electron chi connectivity index (χ4n) is 2.16. The van der Waals surface area contributed by atoms with Crippen molar-refractivity contribution in [2.24, 2.45) is 0 Å². The van der Waals surface area contributed by atoms with Crippen LogP contribution in [0.15, 0.2) is 41.9 Å². The first-order valence-corrected chi connectivity index (χ1v) is 5.70. The monoisotopic (exact) mass is 249 g/mol. The van der Waals surface area contributed by atoms with E-state index in [0.717, 1.165) is 11.1 Å². The minimum Gasteiger partial charge on any atom is -0.330 e. The number of carbonyl (C=O) groups excluding carboxylic acids is 1. The second-order valence-electron chi connectivity index (χ2n) is 4.17. The molecule has 2 aromatic rings. The SMILES string of the molecule is O=C1C=CC=C2C=[N+]C(c3nc4ncncc4[nH]3)=C12. The lowest BCUT2D eigenvalue weighted by Gasteiger charge is -1.99. The number of carbonyl (C=O) groups is 1. The van der Waals surface area contributed by atoms with Crippen molar-refractivity contribution in [1.82, 2.24) is 24.9 Å². The third kappa shape index (κ3) is 1.40. The number of hydrogen-bond acceptors (Lipinski definition) is 5. The number of aliphatic imine (C=N–C) groups is 1. The molecule has 2 aliphatic rings. The number of hydrogen-bond donors (Lipinski definition) is 1. The van der Waals surface area contributed by atoms with Gasteiger partial charge in [-0.2, -0.15) is 0 Å². The fourth-order valence-corrected chi connectivity index (χ4v) is 2.16. The van der Waals surface area contributed by atoms with Crippen molar-refractivity contribution in [1.29, 1.82) is 0 Å². The molecule has 0 fully saturated rings. The van der Waals surface area contributed by atoms with Gasteiger partial charge < -0.3 is 4.98 Å². The molecule has 3 heterocycles. The van der Waals surface area contributed by atoms with E-state index in [1.54, 1.807) is 18.5 Å². The van der Waals surface area contributed by atoms with Crippen LogP contribution in [0.2, 0.25) is 0 Å². The third-order valence-electron chi connectivity index (χ3n) is 3.01. The molecule has 0 saturated heterocycles. The second-order valence-corrected chi connectivity index (χ2v) is 4.17. The van der Waals surface area contributed by atoms with Gasteiger partial charge in [0.1, 0.15) is 17.4 Å². The predicted molar refractivity (Wildman–Crippen MR) is 69.0 cm³/mol. The summed E-state index contributed by atoms with van der Waals surface area (Å²) in [6.07, 6.45) is 9.85. The van der Waals surface area contributed by atoms with Crippen molar-refractivity contribution in [3.8, 4) is 0 Å². The maximum atomic E-state index is 11.9. The first-order chi connectivity index (χ1) is 9.33.